The smallest absolute Gasteiger partial charge is 0.224 e. The fraction of sp³-hybridized carbons (Fsp3) is 0.500. The van der Waals surface area contributed by atoms with E-state index >= 15 is 0 Å². The highest BCUT2D eigenvalue weighted by molar-refractivity contribution is 5.91. The maximum Gasteiger partial charge on any atom is 0.224 e. The minimum absolute atomic E-state index is 0.110. The highest BCUT2D eigenvalue weighted by atomic mass is 16.1. The van der Waals surface area contributed by atoms with Gasteiger partial charge in [-0.1, -0.05) is 19.4 Å². The number of amides is 1. The Hall–Kier alpha value is -1.51. The zero-order valence-electron chi connectivity index (χ0n) is 10.3. The van der Waals surface area contributed by atoms with Crippen LogP contribution in [0.4, 0.5) is 11.4 Å². The van der Waals surface area contributed by atoms with E-state index in [-0.39, 0.29) is 5.91 Å². The summed E-state index contributed by atoms with van der Waals surface area (Å²) in [6.45, 7) is 2.07. The molecule has 3 N–H and O–H groups in total. The van der Waals surface area contributed by atoms with Crippen LogP contribution in [0.3, 0.4) is 0 Å². The number of carbonyl (C=O) groups is 1. The molecule has 1 aromatic rings. The first kappa shape index (κ1) is 12.0. The maximum absolute atomic E-state index is 11.7. The van der Waals surface area contributed by atoms with Crippen LogP contribution in [0.25, 0.3) is 0 Å². The Bertz CT molecular complexity index is 411. The first-order valence-corrected chi connectivity index (χ1v) is 6.37. The van der Waals surface area contributed by atoms with Gasteiger partial charge in [0.1, 0.15) is 0 Å². The van der Waals surface area contributed by atoms with Crippen LogP contribution in [-0.2, 0) is 11.2 Å². The summed E-state index contributed by atoms with van der Waals surface area (Å²) in [5.41, 5.74) is 8.59. The van der Waals surface area contributed by atoms with E-state index in [4.69, 9.17) is 5.73 Å². The van der Waals surface area contributed by atoms with Gasteiger partial charge in [-0.2, -0.15) is 0 Å². The molecular weight excluding hydrogens is 212 g/mol. The van der Waals surface area contributed by atoms with E-state index in [9.17, 15) is 4.79 Å². The molecular formula is C14H20N2O. The Morgan fingerprint density at radius 1 is 1.47 bits per heavy atom. The van der Waals surface area contributed by atoms with Crippen LogP contribution >= 0.6 is 0 Å². The highest BCUT2D eigenvalue weighted by Gasteiger charge is 2.20. The van der Waals surface area contributed by atoms with Gasteiger partial charge in [0.15, 0.2) is 0 Å². The molecule has 0 aromatic heterocycles. The number of hydrogen-bond acceptors (Lipinski definition) is 2. The summed E-state index contributed by atoms with van der Waals surface area (Å²) in [4.78, 5) is 11.7. The summed E-state index contributed by atoms with van der Waals surface area (Å²) in [5, 5.41) is 2.91. The van der Waals surface area contributed by atoms with Crippen molar-refractivity contribution < 1.29 is 4.79 Å². The summed E-state index contributed by atoms with van der Waals surface area (Å²) in [6.07, 6.45) is 5.24. The molecule has 0 atom stereocenters. The third-order valence-corrected chi connectivity index (χ3v) is 3.51. The van der Waals surface area contributed by atoms with Crippen molar-refractivity contribution in [1.29, 1.82) is 0 Å². The van der Waals surface area contributed by atoms with Crippen LogP contribution < -0.4 is 11.1 Å². The largest absolute Gasteiger partial charge is 0.398 e. The number of benzene rings is 1. The molecule has 3 heteroatoms. The van der Waals surface area contributed by atoms with Gasteiger partial charge in [0.25, 0.3) is 0 Å². The lowest BCUT2D eigenvalue weighted by Gasteiger charge is -2.24. The second-order valence-electron chi connectivity index (χ2n) is 4.82. The molecule has 1 aromatic carbocycles. The summed E-state index contributed by atoms with van der Waals surface area (Å²) >= 11 is 0. The summed E-state index contributed by atoms with van der Waals surface area (Å²) in [5.74, 6) is 0.709. The molecule has 0 saturated heterocycles. The normalized spacial score (nSPS) is 15.4. The van der Waals surface area contributed by atoms with Gasteiger partial charge in [-0.3, -0.25) is 4.79 Å². The SMILES string of the molecule is CCc1ccc(NC(=O)CC2CCC2)cc1N. The van der Waals surface area contributed by atoms with Crippen LogP contribution in [0.2, 0.25) is 0 Å². The standard InChI is InChI=1S/C14H20N2O/c1-2-11-6-7-12(9-13(11)15)16-14(17)8-10-4-3-5-10/h6-7,9-10H,2-5,8,15H2,1H3,(H,16,17). The second-order valence-corrected chi connectivity index (χ2v) is 4.82. The first-order valence-electron chi connectivity index (χ1n) is 6.37. The van der Waals surface area contributed by atoms with E-state index < -0.39 is 0 Å². The van der Waals surface area contributed by atoms with Gasteiger partial charge >= 0.3 is 0 Å². The molecule has 2 rings (SSSR count). The van der Waals surface area contributed by atoms with Gasteiger partial charge in [0.05, 0.1) is 0 Å². The molecule has 17 heavy (non-hydrogen) atoms. The third-order valence-electron chi connectivity index (χ3n) is 3.51. The molecule has 1 aliphatic rings. The summed E-state index contributed by atoms with van der Waals surface area (Å²) in [7, 11) is 0. The van der Waals surface area contributed by atoms with E-state index in [1.165, 1.54) is 19.3 Å². The van der Waals surface area contributed by atoms with E-state index in [0.29, 0.717) is 12.3 Å². The minimum atomic E-state index is 0.110. The molecule has 92 valence electrons. The van der Waals surface area contributed by atoms with Crippen molar-refractivity contribution >= 4 is 17.3 Å². The molecule has 3 nitrogen and oxygen atoms in total. The number of nitrogens with one attached hydrogen (secondary N) is 1. The zero-order valence-corrected chi connectivity index (χ0v) is 10.3. The Labute approximate surface area is 102 Å². The van der Waals surface area contributed by atoms with E-state index in [1.807, 2.05) is 18.2 Å². The molecule has 1 fully saturated rings. The van der Waals surface area contributed by atoms with Crippen molar-refractivity contribution in [3.8, 4) is 0 Å². The van der Waals surface area contributed by atoms with Crippen molar-refractivity contribution in [1.82, 2.24) is 0 Å². The number of carbonyl (C=O) groups excluding carboxylic acids is 1. The average molecular weight is 232 g/mol. The molecule has 0 bridgehead atoms. The van der Waals surface area contributed by atoms with Gasteiger partial charge in [-0.05, 0) is 42.9 Å². The second kappa shape index (κ2) is 5.21. The van der Waals surface area contributed by atoms with Crippen LogP contribution in [0, 0.1) is 5.92 Å². The van der Waals surface area contributed by atoms with Gasteiger partial charge in [0, 0.05) is 17.8 Å². The van der Waals surface area contributed by atoms with Gasteiger partial charge in [-0.25, -0.2) is 0 Å². The fourth-order valence-electron chi connectivity index (χ4n) is 2.17. The quantitative estimate of drug-likeness (QED) is 0.784. The average Bonchev–Trinajstić information content (AvgIpc) is 2.24. The number of anilines is 2. The van der Waals surface area contributed by atoms with Crippen molar-refractivity contribution in [2.75, 3.05) is 11.1 Å². The molecule has 0 radical (unpaired) electrons. The van der Waals surface area contributed by atoms with Crippen LogP contribution in [0.1, 0.15) is 38.2 Å². The number of hydrogen-bond donors (Lipinski definition) is 2. The highest BCUT2D eigenvalue weighted by Crippen LogP contribution is 2.29. The van der Waals surface area contributed by atoms with Crippen LogP contribution in [0.5, 0.6) is 0 Å². The zero-order chi connectivity index (χ0) is 12.3. The van der Waals surface area contributed by atoms with Crippen LogP contribution in [-0.4, -0.2) is 5.91 Å². The lowest BCUT2D eigenvalue weighted by Crippen LogP contribution is -2.20. The molecule has 1 amide bonds. The maximum atomic E-state index is 11.7. The van der Waals surface area contributed by atoms with E-state index in [2.05, 4.69) is 12.2 Å². The van der Waals surface area contributed by atoms with Crippen molar-refractivity contribution in [3.05, 3.63) is 23.8 Å². The van der Waals surface area contributed by atoms with Crippen molar-refractivity contribution in [3.63, 3.8) is 0 Å². The lowest BCUT2D eigenvalue weighted by molar-refractivity contribution is -0.117. The number of nitrogens with two attached hydrogens (primary N) is 1. The van der Waals surface area contributed by atoms with E-state index in [0.717, 1.165) is 23.4 Å². The van der Waals surface area contributed by atoms with Crippen LogP contribution in [0.15, 0.2) is 18.2 Å². The lowest BCUT2D eigenvalue weighted by atomic mass is 9.83. The summed E-state index contributed by atoms with van der Waals surface area (Å²) < 4.78 is 0. The third kappa shape index (κ3) is 2.99. The van der Waals surface area contributed by atoms with Crippen molar-refractivity contribution in [2.45, 2.75) is 39.0 Å². The minimum Gasteiger partial charge on any atom is -0.398 e. The Balaban J connectivity index is 1.93. The van der Waals surface area contributed by atoms with E-state index in [1.54, 1.807) is 0 Å². The number of nitrogen functional groups attached to an aromatic ring is 1. The van der Waals surface area contributed by atoms with Crippen molar-refractivity contribution in [2.24, 2.45) is 5.92 Å². The predicted octanol–water partition coefficient (Wildman–Crippen LogP) is 2.96. The monoisotopic (exact) mass is 232 g/mol. The molecule has 1 saturated carbocycles. The summed E-state index contributed by atoms with van der Waals surface area (Å²) in [6, 6.07) is 5.75. The number of aryl methyl sites for hydroxylation is 1. The molecule has 0 spiro atoms. The van der Waals surface area contributed by atoms with Gasteiger partial charge in [-0.15, -0.1) is 0 Å². The fourth-order valence-corrected chi connectivity index (χ4v) is 2.17. The first-order chi connectivity index (χ1) is 8.19. The molecule has 0 unspecified atom stereocenters. The topological polar surface area (TPSA) is 55.1 Å². The molecule has 1 aliphatic carbocycles. The number of rotatable bonds is 4. The van der Waals surface area contributed by atoms with Gasteiger partial charge < -0.3 is 11.1 Å². The Kier molecular flexibility index (Phi) is 3.67. The molecule has 0 heterocycles. The predicted molar refractivity (Wildman–Crippen MR) is 70.8 cm³/mol. The molecule has 0 aliphatic heterocycles. The van der Waals surface area contributed by atoms with Gasteiger partial charge in [0.2, 0.25) is 5.91 Å². The Morgan fingerprint density at radius 2 is 2.24 bits per heavy atom. The Morgan fingerprint density at radius 3 is 2.76 bits per heavy atom.